The van der Waals surface area contributed by atoms with Gasteiger partial charge in [0.05, 0.1) is 29.6 Å². The van der Waals surface area contributed by atoms with Gasteiger partial charge in [0.25, 0.3) is 0 Å². The van der Waals surface area contributed by atoms with Crippen molar-refractivity contribution in [3.8, 4) is 0 Å². The SMILES string of the molecule is Cc1c(C(=O)O)cnn1C1CCN(C(=O)Cn2ncc3ccccc32)CC1. The normalized spacial score (nSPS) is 15.4. The quantitative estimate of drug-likeness (QED) is 0.762. The molecule has 27 heavy (non-hydrogen) atoms. The largest absolute Gasteiger partial charge is 0.478 e. The van der Waals surface area contributed by atoms with Crippen LogP contribution in [0.2, 0.25) is 0 Å². The van der Waals surface area contributed by atoms with Gasteiger partial charge in [-0.3, -0.25) is 14.2 Å². The molecule has 0 saturated carbocycles. The van der Waals surface area contributed by atoms with Crippen LogP contribution in [0.4, 0.5) is 0 Å². The third-order valence-corrected chi connectivity index (χ3v) is 5.27. The Morgan fingerprint density at radius 1 is 1.15 bits per heavy atom. The number of hydrogen-bond acceptors (Lipinski definition) is 4. The van der Waals surface area contributed by atoms with Gasteiger partial charge in [0, 0.05) is 18.5 Å². The molecule has 1 aliphatic rings. The summed E-state index contributed by atoms with van der Waals surface area (Å²) in [5.41, 5.74) is 1.85. The molecule has 1 aromatic carbocycles. The molecule has 0 aliphatic carbocycles. The summed E-state index contributed by atoms with van der Waals surface area (Å²) in [6.45, 7) is 3.26. The van der Waals surface area contributed by atoms with Crippen LogP contribution in [-0.2, 0) is 11.3 Å². The molecule has 8 nitrogen and oxygen atoms in total. The Bertz CT molecular complexity index is 998. The molecule has 8 heteroatoms. The maximum Gasteiger partial charge on any atom is 0.339 e. The van der Waals surface area contributed by atoms with Gasteiger partial charge in [-0.1, -0.05) is 18.2 Å². The molecule has 4 rings (SSSR count). The number of aromatic nitrogens is 4. The van der Waals surface area contributed by atoms with Gasteiger partial charge < -0.3 is 10.0 Å². The van der Waals surface area contributed by atoms with Crippen LogP contribution in [0.25, 0.3) is 10.9 Å². The van der Waals surface area contributed by atoms with Crippen LogP contribution in [0.3, 0.4) is 0 Å². The minimum absolute atomic E-state index is 0.0470. The van der Waals surface area contributed by atoms with Crippen molar-refractivity contribution in [3.63, 3.8) is 0 Å². The van der Waals surface area contributed by atoms with Gasteiger partial charge in [0.2, 0.25) is 5.91 Å². The number of rotatable bonds is 4. The first kappa shape index (κ1) is 17.3. The second-order valence-corrected chi connectivity index (χ2v) is 6.87. The van der Waals surface area contributed by atoms with Gasteiger partial charge in [0.15, 0.2) is 0 Å². The minimum atomic E-state index is -0.960. The van der Waals surface area contributed by atoms with E-state index in [0.717, 1.165) is 23.7 Å². The van der Waals surface area contributed by atoms with E-state index in [4.69, 9.17) is 0 Å². The molecular formula is C19H21N5O3. The number of nitrogens with zero attached hydrogens (tertiary/aromatic N) is 5. The maximum atomic E-state index is 12.7. The van der Waals surface area contributed by atoms with E-state index >= 15 is 0 Å². The number of carbonyl (C=O) groups excluding carboxylic acids is 1. The molecule has 1 aliphatic heterocycles. The molecular weight excluding hydrogens is 346 g/mol. The van der Waals surface area contributed by atoms with Gasteiger partial charge in [-0.15, -0.1) is 0 Å². The first-order valence-corrected chi connectivity index (χ1v) is 9.00. The third-order valence-electron chi connectivity index (χ3n) is 5.27. The number of amides is 1. The average molecular weight is 367 g/mol. The molecule has 0 atom stereocenters. The van der Waals surface area contributed by atoms with Gasteiger partial charge in [-0.2, -0.15) is 10.2 Å². The molecule has 3 aromatic rings. The fourth-order valence-corrected chi connectivity index (χ4v) is 3.74. The maximum absolute atomic E-state index is 12.7. The van der Waals surface area contributed by atoms with E-state index in [2.05, 4.69) is 10.2 Å². The molecule has 0 radical (unpaired) electrons. The number of benzene rings is 1. The topological polar surface area (TPSA) is 93.3 Å². The predicted octanol–water partition coefficient (Wildman–Crippen LogP) is 2.10. The second-order valence-electron chi connectivity index (χ2n) is 6.87. The summed E-state index contributed by atoms with van der Waals surface area (Å²) >= 11 is 0. The minimum Gasteiger partial charge on any atom is -0.478 e. The number of carbonyl (C=O) groups is 2. The van der Waals surface area contributed by atoms with Gasteiger partial charge >= 0.3 is 5.97 Å². The summed E-state index contributed by atoms with van der Waals surface area (Å²) in [4.78, 5) is 25.7. The molecule has 0 spiro atoms. The lowest BCUT2D eigenvalue weighted by atomic mass is 10.0. The average Bonchev–Trinajstić information content (AvgIpc) is 3.26. The number of hydrogen-bond donors (Lipinski definition) is 1. The van der Waals surface area contributed by atoms with Crippen molar-refractivity contribution < 1.29 is 14.7 Å². The van der Waals surface area contributed by atoms with E-state index in [-0.39, 0.29) is 24.1 Å². The first-order chi connectivity index (χ1) is 13.0. The fraction of sp³-hybridized carbons (Fsp3) is 0.368. The number of carboxylic acid groups (broad SMARTS) is 1. The second kappa shape index (κ2) is 6.86. The van der Waals surface area contributed by atoms with Crippen molar-refractivity contribution in [1.29, 1.82) is 0 Å². The molecule has 1 fully saturated rings. The number of piperidine rings is 1. The van der Waals surface area contributed by atoms with Gasteiger partial charge in [-0.05, 0) is 25.8 Å². The molecule has 2 aromatic heterocycles. The molecule has 1 N–H and O–H groups in total. The molecule has 140 valence electrons. The Kier molecular flexibility index (Phi) is 4.39. The van der Waals surface area contributed by atoms with E-state index < -0.39 is 5.97 Å². The lowest BCUT2D eigenvalue weighted by Crippen LogP contribution is -2.41. The van der Waals surface area contributed by atoms with Crippen LogP contribution in [-0.4, -0.2) is 54.5 Å². The lowest BCUT2D eigenvalue weighted by molar-refractivity contribution is -0.133. The summed E-state index contributed by atoms with van der Waals surface area (Å²) in [7, 11) is 0. The third kappa shape index (κ3) is 3.18. The highest BCUT2D eigenvalue weighted by Gasteiger charge is 2.26. The van der Waals surface area contributed by atoms with Crippen LogP contribution < -0.4 is 0 Å². The lowest BCUT2D eigenvalue weighted by Gasteiger charge is -2.32. The van der Waals surface area contributed by atoms with Crippen LogP contribution in [0.15, 0.2) is 36.7 Å². The number of aromatic carboxylic acids is 1. The summed E-state index contributed by atoms with van der Waals surface area (Å²) in [6.07, 6.45) is 4.69. The van der Waals surface area contributed by atoms with Crippen molar-refractivity contribution in [2.45, 2.75) is 32.4 Å². The number of carboxylic acids is 1. The Balaban J connectivity index is 1.40. The highest BCUT2D eigenvalue weighted by atomic mass is 16.4. The Morgan fingerprint density at radius 3 is 2.59 bits per heavy atom. The number of para-hydroxylation sites is 1. The monoisotopic (exact) mass is 367 g/mol. The zero-order chi connectivity index (χ0) is 19.0. The molecule has 0 unspecified atom stereocenters. The van der Waals surface area contributed by atoms with Crippen molar-refractivity contribution in [3.05, 3.63) is 47.9 Å². The van der Waals surface area contributed by atoms with Crippen molar-refractivity contribution in [1.82, 2.24) is 24.5 Å². The van der Waals surface area contributed by atoms with Crippen LogP contribution >= 0.6 is 0 Å². The van der Waals surface area contributed by atoms with Crippen LogP contribution in [0.1, 0.15) is 34.9 Å². The highest BCUT2D eigenvalue weighted by Crippen LogP contribution is 2.25. The number of fused-ring (bicyclic) bond motifs is 1. The van der Waals surface area contributed by atoms with Gasteiger partial charge in [0.1, 0.15) is 12.1 Å². The predicted molar refractivity (Wildman–Crippen MR) is 98.5 cm³/mol. The molecule has 1 amide bonds. The van der Waals surface area contributed by atoms with E-state index in [1.165, 1.54) is 6.20 Å². The standard InChI is InChI=1S/C19H21N5O3/c1-13-16(19(26)27)11-21-24(13)15-6-8-22(9-7-15)18(25)12-23-17-5-3-2-4-14(17)10-20-23/h2-5,10-11,15H,6-9,12H2,1H3,(H,26,27). The Labute approximate surface area is 156 Å². The number of likely N-dealkylation sites (tertiary alicyclic amines) is 1. The zero-order valence-corrected chi connectivity index (χ0v) is 15.1. The summed E-state index contributed by atoms with van der Waals surface area (Å²) < 4.78 is 3.52. The smallest absolute Gasteiger partial charge is 0.339 e. The summed E-state index contributed by atoms with van der Waals surface area (Å²) in [6, 6.07) is 7.95. The van der Waals surface area contributed by atoms with E-state index in [9.17, 15) is 14.7 Å². The van der Waals surface area contributed by atoms with Crippen LogP contribution in [0.5, 0.6) is 0 Å². The van der Waals surface area contributed by atoms with E-state index in [1.54, 1.807) is 22.5 Å². The van der Waals surface area contributed by atoms with Crippen molar-refractivity contribution >= 4 is 22.8 Å². The van der Waals surface area contributed by atoms with Crippen LogP contribution in [0, 0.1) is 6.92 Å². The fourth-order valence-electron chi connectivity index (χ4n) is 3.74. The Morgan fingerprint density at radius 2 is 1.89 bits per heavy atom. The molecule has 3 heterocycles. The van der Waals surface area contributed by atoms with E-state index in [0.29, 0.717) is 18.8 Å². The zero-order valence-electron chi connectivity index (χ0n) is 15.1. The van der Waals surface area contributed by atoms with Crippen molar-refractivity contribution in [2.24, 2.45) is 0 Å². The summed E-state index contributed by atoms with van der Waals surface area (Å²) in [5, 5.41) is 18.8. The van der Waals surface area contributed by atoms with E-state index in [1.807, 2.05) is 29.2 Å². The Hall–Kier alpha value is -3.16. The van der Waals surface area contributed by atoms with Crippen molar-refractivity contribution in [2.75, 3.05) is 13.1 Å². The van der Waals surface area contributed by atoms with Gasteiger partial charge in [-0.25, -0.2) is 4.79 Å². The highest BCUT2D eigenvalue weighted by molar-refractivity contribution is 5.88. The molecule has 0 bridgehead atoms. The molecule has 1 saturated heterocycles. The first-order valence-electron chi connectivity index (χ1n) is 9.00. The summed E-state index contributed by atoms with van der Waals surface area (Å²) in [5.74, 6) is -0.913.